The van der Waals surface area contributed by atoms with Crippen LogP contribution in [0.3, 0.4) is 0 Å². The second kappa shape index (κ2) is 8.65. The molecule has 0 radical (unpaired) electrons. The van der Waals surface area contributed by atoms with Crippen LogP contribution in [0.1, 0.15) is 59.4 Å². The van der Waals surface area contributed by atoms with Crippen molar-refractivity contribution in [2.24, 2.45) is 11.8 Å². The van der Waals surface area contributed by atoms with E-state index in [2.05, 4.69) is 15.6 Å². The third-order valence-corrected chi connectivity index (χ3v) is 7.70. The predicted molar refractivity (Wildman–Crippen MR) is 126 cm³/mol. The number of aliphatic hydroxyl groups is 1. The van der Waals surface area contributed by atoms with E-state index in [4.69, 9.17) is 0 Å². The van der Waals surface area contributed by atoms with Gasteiger partial charge in [0.1, 0.15) is 17.3 Å². The molecule has 7 nitrogen and oxygen atoms in total. The van der Waals surface area contributed by atoms with Crippen molar-refractivity contribution < 1.29 is 19.1 Å². The van der Waals surface area contributed by atoms with E-state index < -0.39 is 11.4 Å². The lowest BCUT2D eigenvalue weighted by atomic mass is 9.49. The highest BCUT2D eigenvalue weighted by Crippen LogP contribution is 2.57. The van der Waals surface area contributed by atoms with E-state index >= 15 is 0 Å². The fraction of sp³-hybridized carbons (Fsp3) is 0.500. The topological polar surface area (TPSA) is 94.6 Å². The standard InChI is InChI=1S/C26H31FN4O3/c1-31(8-9-32)22-7-3-6-21(28-22)24(34)30-26-14-17-10-18(15-26)13-25(12-17,16-26)29-23(33)19-4-2-5-20(27)11-19/h2-7,11,17-18,32H,8-10,12-16H2,1H3,(H,29,33)(H,30,34). The van der Waals surface area contributed by atoms with Crippen molar-refractivity contribution in [3.63, 3.8) is 0 Å². The first-order chi connectivity index (χ1) is 16.3. The molecule has 0 aliphatic heterocycles. The van der Waals surface area contributed by atoms with Crippen LogP contribution in [-0.4, -0.2) is 53.2 Å². The zero-order valence-corrected chi connectivity index (χ0v) is 19.4. The van der Waals surface area contributed by atoms with Gasteiger partial charge in [0, 0.05) is 30.2 Å². The molecule has 4 aliphatic carbocycles. The lowest BCUT2D eigenvalue weighted by Gasteiger charge is -2.62. The van der Waals surface area contributed by atoms with Crippen LogP contribution in [0.15, 0.2) is 42.5 Å². The van der Waals surface area contributed by atoms with Gasteiger partial charge in [-0.05, 0) is 80.7 Å². The maximum atomic E-state index is 13.7. The van der Waals surface area contributed by atoms with E-state index in [1.807, 2.05) is 13.1 Å². The molecule has 34 heavy (non-hydrogen) atoms. The second-order valence-electron chi connectivity index (χ2n) is 10.5. The van der Waals surface area contributed by atoms with Crippen molar-refractivity contribution >= 4 is 17.6 Å². The van der Waals surface area contributed by atoms with Crippen molar-refractivity contribution in [2.75, 3.05) is 25.1 Å². The van der Waals surface area contributed by atoms with Gasteiger partial charge in [-0.3, -0.25) is 9.59 Å². The largest absolute Gasteiger partial charge is 0.395 e. The van der Waals surface area contributed by atoms with Gasteiger partial charge in [0.05, 0.1) is 6.61 Å². The molecular formula is C26H31FN4O3. The van der Waals surface area contributed by atoms with Crippen LogP contribution >= 0.6 is 0 Å². The van der Waals surface area contributed by atoms with E-state index in [0.29, 0.717) is 41.9 Å². The van der Waals surface area contributed by atoms with Crippen LogP contribution < -0.4 is 15.5 Å². The molecule has 2 unspecified atom stereocenters. The monoisotopic (exact) mass is 466 g/mol. The number of aromatic nitrogens is 1. The van der Waals surface area contributed by atoms with Crippen LogP contribution in [-0.2, 0) is 0 Å². The Bertz CT molecular complexity index is 1090. The fourth-order valence-electron chi connectivity index (χ4n) is 6.83. The number of likely N-dealkylation sites (N-methyl/N-ethyl adjacent to an activating group) is 1. The lowest BCUT2D eigenvalue weighted by Crippen LogP contribution is -2.69. The average Bonchev–Trinajstić information content (AvgIpc) is 2.78. The Labute approximate surface area is 198 Å². The smallest absolute Gasteiger partial charge is 0.270 e. The average molecular weight is 467 g/mol. The number of anilines is 1. The Balaban J connectivity index is 1.34. The van der Waals surface area contributed by atoms with Gasteiger partial charge in [-0.25, -0.2) is 9.37 Å². The number of nitrogens with zero attached hydrogens (tertiary/aromatic N) is 2. The van der Waals surface area contributed by atoms with Gasteiger partial charge >= 0.3 is 0 Å². The summed E-state index contributed by atoms with van der Waals surface area (Å²) in [4.78, 5) is 32.6. The second-order valence-corrected chi connectivity index (χ2v) is 10.5. The summed E-state index contributed by atoms with van der Waals surface area (Å²) in [5, 5.41) is 15.7. The highest BCUT2D eigenvalue weighted by atomic mass is 19.1. The van der Waals surface area contributed by atoms with Gasteiger partial charge in [-0.15, -0.1) is 0 Å². The maximum Gasteiger partial charge on any atom is 0.270 e. The molecule has 4 saturated carbocycles. The normalized spacial score (nSPS) is 29.0. The van der Waals surface area contributed by atoms with E-state index in [1.54, 1.807) is 29.2 Å². The van der Waals surface area contributed by atoms with Gasteiger partial charge in [0.2, 0.25) is 0 Å². The van der Waals surface area contributed by atoms with Gasteiger partial charge in [0.15, 0.2) is 0 Å². The molecule has 3 N–H and O–H groups in total. The Morgan fingerprint density at radius 2 is 1.71 bits per heavy atom. The Hall–Kier alpha value is -3.00. The van der Waals surface area contributed by atoms with E-state index in [0.717, 1.165) is 32.1 Å². The highest BCUT2D eigenvalue weighted by molar-refractivity contribution is 5.95. The first-order valence-electron chi connectivity index (χ1n) is 12.0. The SMILES string of the molecule is CN(CCO)c1cccc(C(=O)NC23CC4CC(CC(NC(=O)c5cccc(F)c5)(C4)C2)C3)n1. The molecule has 4 fully saturated rings. The van der Waals surface area contributed by atoms with Crippen LogP contribution in [0.4, 0.5) is 10.2 Å². The number of halogens is 1. The fourth-order valence-corrected chi connectivity index (χ4v) is 6.83. The van der Waals surface area contributed by atoms with Gasteiger partial charge in [0.25, 0.3) is 11.8 Å². The van der Waals surface area contributed by atoms with E-state index in [-0.39, 0.29) is 24.0 Å². The summed E-state index contributed by atoms with van der Waals surface area (Å²) in [5.41, 5.74) is -0.111. The van der Waals surface area contributed by atoms with Gasteiger partial charge < -0.3 is 20.6 Å². The number of hydrogen-bond donors (Lipinski definition) is 3. The lowest BCUT2D eigenvalue weighted by molar-refractivity contribution is -0.0448. The third-order valence-electron chi connectivity index (χ3n) is 7.70. The Morgan fingerprint density at radius 3 is 2.35 bits per heavy atom. The maximum absolute atomic E-state index is 13.7. The summed E-state index contributed by atoms with van der Waals surface area (Å²) < 4.78 is 13.7. The molecule has 2 aromatic rings. The first kappa shape index (κ1) is 22.8. The Kier molecular flexibility index (Phi) is 5.80. The molecule has 1 heterocycles. The summed E-state index contributed by atoms with van der Waals surface area (Å²) in [6, 6.07) is 11.1. The molecular weight excluding hydrogens is 435 g/mol. The third kappa shape index (κ3) is 4.39. The number of pyridine rings is 1. The summed E-state index contributed by atoms with van der Waals surface area (Å²) >= 11 is 0. The molecule has 0 spiro atoms. The van der Waals surface area contributed by atoms with Crippen molar-refractivity contribution in [3.8, 4) is 0 Å². The van der Waals surface area contributed by atoms with Crippen LogP contribution in [0.2, 0.25) is 0 Å². The molecule has 4 bridgehead atoms. The molecule has 8 heteroatoms. The number of nitrogens with one attached hydrogen (secondary N) is 2. The predicted octanol–water partition coefficient (Wildman–Crippen LogP) is 2.90. The molecule has 1 aromatic heterocycles. The molecule has 2 amide bonds. The first-order valence-corrected chi connectivity index (χ1v) is 12.0. The minimum Gasteiger partial charge on any atom is -0.395 e. The molecule has 1 aromatic carbocycles. The van der Waals surface area contributed by atoms with E-state index in [1.165, 1.54) is 12.1 Å². The van der Waals surface area contributed by atoms with Crippen LogP contribution in [0.25, 0.3) is 0 Å². The minimum absolute atomic E-state index is 0.00389. The summed E-state index contributed by atoms with van der Waals surface area (Å²) in [6.45, 7) is 0.433. The molecule has 0 saturated heterocycles. The quantitative estimate of drug-likeness (QED) is 0.583. The number of aliphatic hydroxyl groups excluding tert-OH is 1. The number of carbonyl (C=O) groups excluding carboxylic acids is 2. The number of benzene rings is 1. The van der Waals surface area contributed by atoms with Crippen LogP contribution in [0, 0.1) is 17.7 Å². The number of rotatable bonds is 7. The molecule has 6 rings (SSSR count). The van der Waals surface area contributed by atoms with Gasteiger partial charge in [-0.2, -0.15) is 0 Å². The van der Waals surface area contributed by atoms with Crippen molar-refractivity contribution in [1.29, 1.82) is 0 Å². The summed E-state index contributed by atoms with van der Waals surface area (Å²) in [5.74, 6) is 0.595. The summed E-state index contributed by atoms with van der Waals surface area (Å²) in [7, 11) is 1.82. The number of carbonyl (C=O) groups is 2. The summed E-state index contributed by atoms with van der Waals surface area (Å²) in [6.07, 6.45) is 5.37. The molecule has 2 atom stereocenters. The van der Waals surface area contributed by atoms with Crippen molar-refractivity contribution in [1.82, 2.24) is 15.6 Å². The van der Waals surface area contributed by atoms with E-state index in [9.17, 15) is 19.1 Å². The molecule has 4 aliphatic rings. The van der Waals surface area contributed by atoms with Crippen molar-refractivity contribution in [3.05, 3.63) is 59.5 Å². The minimum atomic E-state index is -0.429. The van der Waals surface area contributed by atoms with Crippen LogP contribution in [0.5, 0.6) is 0 Å². The Morgan fingerprint density at radius 1 is 1.06 bits per heavy atom. The number of hydrogen-bond acceptors (Lipinski definition) is 5. The molecule has 180 valence electrons. The van der Waals surface area contributed by atoms with Crippen molar-refractivity contribution in [2.45, 2.75) is 49.6 Å². The zero-order chi connectivity index (χ0) is 23.9. The highest BCUT2D eigenvalue weighted by Gasteiger charge is 2.58. The number of amides is 2. The zero-order valence-electron chi connectivity index (χ0n) is 19.4. The van der Waals surface area contributed by atoms with Gasteiger partial charge in [-0.1, -0.05) is 12.1 Å².